The molecule has 0 radical (unpaired) electrons. The minimum absolute atomic E-state index is 0.0194. The molecule has 0 aliphatic heterocycles. The van der Waals surface area contributed by atoms with E-state index < -0.39 is 15.1 Å². The molecule has 2 aromatic heterocycles. The fraction of sp³-hybridized carbons (Fsp3) is 0.286. The van der Waals surface area contributed by atoms with Crippen molar-refractivity contribution in [3.05, 3.63) is 76.4 Å². The van der Waals surface area contributed by atoms with Crippen LogP contribution in [0.4, 0.5) is 0 Å². The first-order chi connectivity index (χ1) is 13.4. The van der Waals surface area contributed by atoms with E-state index >= 15 is 0 Å². The average Bonchev–Trinajstić information content (AvgIpc) is 3.35. The number of benzene rings is 1. The maximum absolute atomic E-state index is 12.9. The second-order valence-electron chi connectivity index (χ2n) is 6.88. The van der Waals surface area contributed by atoms with E-state index in [-0.39, 0.29) is 17.2 Å². The number of carbonyl (C=O) groups is 1. The summed E-state index contributed by atoms with van der Waals surface area (Å²) in [6.07, 6.45) is 3.45. The first kappa shape index (κ1) is 20.4. The molecule has 0 saturated carbocycles. The summed E-state index contributed by atoms with van der Waals surface area (Å²) in [5.74, 6) is -0.0194. The van der Waals surface area contributed by atoms with Crippen LogP contribution in [0.15, 0.2) is 69.7 Å². The molecule has 1 amide bonds. The Bertz CT molecular complexity index is 953. The standard InChI is InChI=1S/C21H23NO4S2/c1-16(2)28(24,25)20-7-5-17(6-8-20)12-21(23)22(13-18-9-10-26-15-18)14-19-4-3-11-27-19/h3-11,15-16H,12-14H2,1-2H3. The minimum atomic E-state index is -3.31. The quantitative estimate of drug-likeness (QED) is 0.548. The van der Waals surface area contributed by atoms with Crippen molar-refractivity contribution in [2.75, 3.05) is 0 Å². The van der Waals surface area contributed by atoms with Crippen LogP contribution in [0.1, 0.15) is 29.9 Å². The summed E-state index contributed by atoms with van der Waals surface area (Å²) in [7, 11) is -3.31. The molecule has 0 saturated heterocycles. The van der Waals surface area contributed by atoms with Crippen LogP contribution < -0.4 is 0 Å². The fourth-order valence-electron chi connectivity index (χ4n) is 2.78. The molecule has 2 heterocycles. The van der Waals surface area contributed by atoms with Gasteiger partial charge in [-0.1, -0.05) is 18.2 Å². The summed E-state index contributed by atoms with van der Waals surface area (Å²) in [5, 5.41) is 1.51. The van der Waals surface area contributed by atoms with Crippen LogP contribution in [0.25, 0.3) is 0 Å². The van der Waals surface area contributed by atoms with Crippen LogP contribution >= 0.6 is 11.3 Å². The number of hydrogen-bond acceptors (Lipinski definition) is 5. The Morgan fingerprint density at radius 3 is 2.39 bits per heavy atom. The summed E-state index contributed by atoms with van der Waals surface area (Å²) in [6, 6.07) is 12.4. The second-order valence-corrected chi connectivity index (χ2v) is 10.4. The van der Waals surface area contributed by atoms with Crippen molar-refractivity contribution in [1.82, 2.24) is 4.90 Å². The molecule has 0 spiro atoms. The maximum atomic E-state index is 12.9. The molecule has 0 unspecified atom stereocenters. The lowest BCUT2D eigenvalue weighted by molar-refractivity contribution is -0.131. The SMILES string of the molecule is CC(C)S(=O)(=O)c1ccc(CC(=O)N(Cc2ccoc2)Cc2cccs2)cc1. The Balaban J connectivity index is 1.74. The lowest BCUT2D eigenvalue weighted by Crippen LogP contribution is -2.31. The zero-order valence-corrected chi connectivity index (χ0v) is 17.5. The fourth-order valence-corrected chi connectivity index (χ4v) is 4.56. The molecule has 0 aliphatic rings. The largest absolute Gasteiger partial charge is 0.472 e. The Hall–Kier alpha value is -2.38. The van der Waals surface area contributed by atoms with Gasteiger partial charge in [-0.25, -0.2) is 8.42 Å². The Morgan fingerprint density at radius 2 is 1.82 bits per heavy atom. The average molecular weight is 418 g/mol. The summed E-state index contributed by atoms with van der Waals surface area (Å²) in [6.45, 7) is 4.31. The molecule has 0 N–H and O–H groups in total. The maximum Gasteiger partial charge on any atom is 0.227 e. The van der Waals surface area contributed by atoms with Gasteiger partial charge in [0.15, 0.2) is 9.84 Å². The molecule has 28 heavy (non-hydrogen) atoms. The van der Waals surface area contributed by atoms with Gasteiger partial charge in [0.1, 0.15) is 0 Å². The van der Waals surface area contributed by atoms with Gasteiger partial charge in [0, 0.05) is 17.0 Å². The molecule has 0 atom stereocenters. The van der Waals surface area contributed by atoms with Crippen molar-refractivity contribution >= 4 is 27.1 Å². The van der Waals surface area contributed by atoms with Gasteiger partial charge in [-0.3, -0.25) is 4.79 Å². The van der Waals surface area contributed by atoms with E-state index in [4.69, 9.17) is 4.42 Å². The van der Waals surface area contributed by atoms with Gasteiger partial charge >= 0.3 is 0 Å². The molecule has 5 nitrogen and oxygen atoms in total. The van der Waals surface area contributed by atoms with Crippen LogP contribution in [-0.4, -0.2) is 24.5 Å². The number of hydrogen-bond donors (Lipinski definition) is 0. The van der Waals surface area contributed by atoms with Gasteiger partial charge < -0.3 is 9.32 Å². The predicted molar refractivity (Wildman–Crippen MR) is 110 cm³/mol. The third-order valence-corrected chi connectivity index (χ3v) is 7.49. The summed E-state index contributed by atoms with van der Waals surface area (Å²) < 4.78 is 29.6. The van der Waals surface area contributed by atoms with Gasteiger partial charge in [-0.15, -0.1) is 11.3 Å². The van der Waals surface area contributed by atoms with Crippen molar-refractivity contribution in [2.24, 2.45) is 0 Å². The monoisotopic (exact) mass is 417 g/mol. The van der Waals surface area contributed by atoms with Gasteiger partial charge in [-0.05, 0) is 49.1 Å². The molecular formula is C21H23NO4S2. The highest BCUT2D eigenvalue weighted by molar-refractivity contribution is 7.92. The van der Waals surface area contributed by atoms with Crippen molar-refractivity contribution in [2.45, 2.75) is 43.5 Å². The van der Waals surface area contributed by atoms with E-state index in [0.717, 1.165) is 16.0 Å². The second kappa shape index (κ2) is 8.75. The topological polar surface area (TPSA) is 67.6 Å². The highest BCUT2D eigenvalue weighted by atomic mass is 32.2. The van der Waals surface area contributed by atoms with Crippen molar-refractivity contribution in [3.63, 3.8) is 0 Å². The van der Waals surface area contributed by atoms with E-state index in [1.165, 1.54) is 0 Å². The third-order valence-electron chi connectivity index (χ3n) is 4.46. The van der Waals surface area contributed by atoms with Crippen LogP contribution in [0.2, 0.25) is 0 Å². The Morgan fingerprint density at radius 1 is 1.07 bits per heavy atom. The van der Waals surface area contributed by atoms with Crippen molar-refractivity contribution in [1.29, 1.82) is 0 Å². The van der Waals surface area contributed by atoms with Gasteiger partial charge in [0.2, 0.25) is 5.91 Å². The molecule has 1 aromatic carbocycles. The first-order valence-electron chi connectivity index (χ1n) is 9.00. The van der Waals surface area contributed by atoms with E-state index in [1.54, 1.807) is 66.9 Å². The number of nitrogens with zero attached hydrogens (tertiary/aromatic N) is 1. The molecule has 148 valence electrons. The van der Waals surface area contributed by atoms with Crippen molar-refractivity contribution < 1.29 is 17.6 Å². The summed E-state index contributed by atoms with van der Waals surface area (Å²) in [5.41, 5.74) is 1.72. The van der Waals surface area contributed by atoms with E-state index in [1.807, 2.05) is 23.6 Å². The van der Waals surface area contributed by atoms with E-state index in [9.17, 15) is 13.2 Å². The number of rotatable bonds is 8. The zero-order chi connectivity index (χ0) is 20.1. The van der Waals surface area contributed by atoms with Crippen LogP contribution in [0.3, 0.4) is 0 Å². The molecule has 3 aromatic rings. The van der Waals surface area contributed by atoms with Crippen molar-refractivity contribution in [3.8, 4) is 0 Å². The highest BCUT2D eigenvalue weighted by Gasteiger charge is 2.20. The number of carbonyl (C=O) groups excluding carboxylic acids is 1. The predicted octanol–water partition coefficient (Wildman–Crippen LogP) is 4.29. The molecule has 7 heteroatoms. The lowest BCUT2D eigenvalue weighted by atomic mass is 10.1. The number of furan rings is 1. The van der Waals surface area contributed by atoms with E-state index in [0.29, 0.717) is 13.1 Å². The Kier molecular flexibility index (Phi) is 6.36. The smallest absolute Gasteiger partial charge is 0.227 e. The van der Waals surface area contributed by atoms with Gasteiger partial charge in [0.25, 0.3) is 0 Å². The molecule has 3 rings (SSSR count). The van der Waals surface area contributed by atoms with Crippen LogP contribution in [-0.2, 0) is 34.1 Å². The summed E-state index contributed by atoms with van der Waals surface area (Å²) in [4.78, 5) is 16.1. The Labute approximate surface area is 169 Å². The zero-order valence-electron chi connectivity index (χ0n) is 15.9. The molecule has 0 fully saturated rings. The molecule has 0 bridgehead atoms. The summed E-state index contributed by atoms with van der Waals surface area (Å²) >= 11 is 1.61. The number of amides is 1. The highest BCUT2D eigenvalue weighted by Crippen LogP contribution is 2.19. The van der Waals surface area contributed by atoms with Crippen LogP contribution in [0, 0.1) is 0 Å². The molecule has 0 aliphatic carbocycles. The van der Waals surface area contributed by atoms with E-state index in [2.05, 4.69) is 0 Å². The minimum Gasteiger partial charge on any atom is -0.472 e. The number of thiophene rings is 1. The number of sulfone groups is 1. The third kappa shape index (κ3) is 4.91. The van der Waals surface area contributed by atoms with Crippen LogP contribution in [0.5, 0.6) is 0 Å². The van der Waals surface area contributed by atoms with Gasteiger partial charge in [-0.2, -0.15) is 0 Å². The molecular weight excluding hydrogens is 394 g/mol. The first-order valence-corrected chi connectivity index (χ1v) is 11.4. The van der Waals surface area contributed by atoms with Gasteiger partial charge in [0.05, 0.1) is 35.6 Å². The lowest BCUT2D eigenvalue weighted by Gasteiger charge is -2.22. The normalized spacial score (nSPS) is 11.7.